The third-order valence-corrected chi connectivity index (χ3v) is 8.35. The van der Waals surface area contributed by atoms with E-state index in [0.29, 0.717) is 16.8 Å². The summed E-state index contributed by atoms with van der Waals surface area (Å²) in [6.45, 7) is 0. The first-order valence-corrected chi connectivity index (χ1v) is 14.9. The molecular weight excluding hydrogens is 591 g/mol. The first-order chi connectivity index (χ1) is 22.9. The monoisotopic (exact) mass is 615 g/mol. The Morgan fingerprint density at radius 1 is 0.511 bits per heavy atom. The second-order valence-corrected chi connectivity index (χ2v) is 11.1. The van der Waals surface area contributed by atoms with Gasteiger partial charge in [-0.2, -0.15) is 23.7 Å². The van der Waals surface area contributed by atoms with E-state index in [1.54, 1.807) is 0 Å². The van der Waals surface area contributed by atoms with Crippen LogP contribution in [0.4, 0.5) is 30.2 Å². The molecule has 0 heterocycles. The summed E-state index contributed by atoms with van der Waals surface area (Å²) in [4.78, 5) is 1.96. The van der Waals surface area contributed by atoms with Crippen molar-refractivity contribution in [3.63, 3.8) is 0 Å². The molecule has 0 radical (unpaired) electrons. The van der Waals surface area contributed by atoms with Gasteiger partial charge in [0, 0.05) is 38.3 Å². The molecule has 224 valence electrons. The molecule has 0 atom stereocenters. The van der Waals surface area contributed by atoms with E-state index in [9.17, 15) is 23.7 Å². The van der Waals surface area contributed by atoms with E-state index in [-0.39, 0.29) is 0 Å². The van der Waals surface area contributed by atoms with E-state index in [4.69, 9.17) is 0 Å². The van der Waals surface area contributed by atoms with Crippen molar-refractivity contribution in [1.82, 2.24) is 0 Å². The van der Waals surface area contributed by atoms with E-state index in [0.717, 1.165) is 67.0 Å². The molecule has 0 saturated carbocycles. The summed E-state index contributed by atoms with van der Waals surface area (Å²) in [7, 11) is 0. The number of anilines is 3. The van der Waals surface area contributed by atoms with Gasteiger partial charge < -0.3 is 4.90 Å². The van der Waals surface area contributed by atoms with Crippen LogP contribution < -0.4 is 4.90 Å². The fourth-order valence-corrected chi connectivity index (χ4v) is 6.10. The highest BCUT2D eigenvalue weighted by molar-refractivity contribution is 6.10. The van der Waals surface area contributed by atoms with Crippen LogP contribution in [0.1, 0.15) is 27.8 Å². The molecule has 6 heteroatoms. The van der Waals surface area contributed by atoms with Crippen LogP contribution in [0.2, 0.25) is 0 Å². The van der Waals surface area contributed by atoms with Gasteiger partial charge in [-0.05, 0) is 65.0 Å². The van der Waals surface area contributed by atoms with Gasteiger partial charge in [0.05, 0.1) is 22.4 Å². The average Bonchev–Trinajstić information content (AvgIpc) is 3.10. The Balaban J connectivity index is 1.26. The molecule has 7 aromatic rings. The second kappa shape index (κ2) is 11.9. The van der Waals surface area contributed by atoms with Gasteiger partial charge in [0.25, 0.3) is 0 Å². The molecular formula is C41H24F3N3. The molecule has 0 aliphatic heterocycles. The predicted octanol–water partition coefficient (Wildman–Crippen LogP) is 11.5. The summed E-state index contributed by atoms with van der Waals surface area (Å²) < 4.78 is 40.1. The Hall–Kier alpha value is -6.37. The van der Waals surface area contributed by atoms with Crippen LogP contribution in [-0.2, 0) is 6.18 Å². The zero-order valence-electron chi connectivity index (χ0n) is 24.8. The second-order valence-electron chi connectivity index (χ2n) is 11.1. The molecule has 0 fully saturated rings. The smallest absolute Gasteiger partial charge is 0.310 e. The van der Waals surface area contributed by atoms with Crippen molar-refractivity contribution in [2.45, 2.75) is 6.18 Å². The Kier molecular flexibility index (Phi) is 7.40. The highest BCUT2D eigenvalue weighted by atomic mass is 19.4. The summed E-state index contributed by atoms with van der Waals surface area (Å²) in [5.41, 5.74) is 4.41. The molecule has 7 rings (SSSR count). The van der Waals surface area contributed by atoms with Crippen molar-refractivity contribution >= 4 is 61.5 Å². The summed E-state index contributed by atoms with van der Waals surface area (Å²) in [6.07, 6.45) is -0.511. The van der Waals surface area contributed by atoms with E-state index in [2.05, 4.69) is 12.1 Å². The van der Waals surface area contributed by atoms with Gasteiger partial charge in [-0.15, -0.1) is 0 Å². The minimum Gasteiger partial charge on any atom is -0.310 e. The molecule has 0 spiro atoms. The van der Waals surface area contributed by atoms with Gasteiger partial charge >= 0.3 is 6.18 Å². The average molecular weight is 616 g/mol. The maximum Gasteiger partial charge on any atom is 0.416 e. The van der Waals surface area contributed by atoms with Crippen molar-refractivity contribution in [2.75, 3.05) is 4.90 Å². The largest absolute Gasteiger partial charge is 0.416 e. The van der Waals surface area contributed by atoms with Gasteiger partial charge in [-0.3, -0.25) is 0 Å². The quantitative estimate of drug-likeness (QED) is 0.143. The van der Waals surface area contributed by atoms with Crippen LogP contribution in [0.15, 0.2) is 133 Å². The molecule has 0 aliphatic carbocycles. The number of nitrogens with zero attached hydrogens (tertiary/aromatic N) is 3. The molecule has 0 aromatic heterocycles. The van der Waals surface area contributed by atoms with Crippen LogP contribution in [-0.4, -0.2) is 0 Å². The highest BCUT2D eigenvalue weighted by Gasteiger charge is 2.30. The zero-order valence-corrected chi connectivity index (χ0v) is 24.8. The topological polar surface area (TPSA) is 50.8 Å². The van der Waals surface area contributed by atoms with E-state index in [1.165, 1.54) is 12.1 Å². The molecule has 0 unspecified atom stereocenters. The fourth-order valence-electron chi connectivity index (χ4n) is 6.10. The van der Waals surface area contributed by atoms with Gasteiger partial charge in [0.2, 0.25) is 0 Å². The van der Waals surface area contributed by atoms with Crippen molar-refractivity contribution in [3.05, 3.63) is 161 Å². The van der Waals surface area contributed by atoms with E-state index >= 15 is 0 Å². The van der Waals surface area contributed by atoms with Gasteiger partial charge in [0.15, 0.2) is 0 Å². The lowest BCUT2D eigenvalue weighted by molar-refractivity contribution is -0.137. The maximum absolute atomic E-state index is 13.4. The SMILES string of the molecule is N#Cc1c2ccccc2c(C#N)c2cc(/C=C/c3ccc(N(c4ccc(C(F)(F)F)cc4)c4cccc5ccccc45)cc3)ccc12. The third kappa shape index (κ3) is 5.43. The van der Waals surface area contributed by atoms with Crippen molar-refractivity contribution in [3.8, 4) is 12.1 Å². The Labute approximate surface area is 269 Å². The molecule has 3 nitrogen and oxygen atoms in total. The Morgan fingerprint density at radius 2 is 1.02 bits per heavy atom. The summed E-state index contributed by atoms with van der Waals surface area (Å²) in [5.74, 6) is 0. The lowest BCUT2D eigenvalue weighted by Gasteiger charge is -2.27. The minimum absolute atomic E-state index is 0.533. The van der Waals surface area contributed by atoms with E-state index in [1.807, 2.05) is 126 Å². The first kappa shape index (κ1) is 29.3. The highest BCUT2D eigenvalue weighted by Crippen LogP contribution is 2.40. The lowest BCUT2D eigenvalue weighted by Crippen LogP contribution is -2.11. The molecule has 7 aromatic carbocycles. The van der Waals surface area contributed by atoms with Crippen LogP contribution in [0.5, 0.6) is 0 Å². The van der Waals surface area contributed by atoms with Crippen LogP contribution in [0.25, 0.3) is 44.5 Å². The Morgan fingerprint density at radius 3 is 1.66 bits per heavy atom. The number of halogens is 3. The van der Waals surface area contributed by atoms with Crippen LogP contribution in [0, 0.1) is 22.7 Å². The zero-order chi connectivity index (χ0) is 32.5. The van der Waals surface area contributed by atoms with Gasteiger partial charge in [0.1, 0.15) is 12.1 Å². The number of rotatable bonds is 5. The summed E-state index contributed by atoms with van der Waals surface area (Å²) in [5, 5.41) is 24.9. The molecule has 0 N–H and O–H groups in total. The standard InChI is InChI=1S/C41H24F3N3/c42-41(43,44)30-17-21-32(22-18-30)47(40-11-5-7-29-6-1-2-8-33(29)40)31-19-14-27(15-20-31)12-13-28-16-23-36-37(24-28)39(26-46)35-10-4-3-9-34(35)38(36)25-45/h1-24H/b13-12+. The summed E-state index contributed by atoms with van der Waals surface area (Å²) >= 11 is 0. The fraction of sp³-hybridized carbons (Fsp3) is 0.0244. The van der Waals surface area contributed by atoms with E-state index < -0.39 is 11.7 Å². The third-order valence-electron chi connectivity index (χ3n) is 8.35. The van der Waals surface area contributed by atoms with Crippen molar-refractivity contribution in [2.24, 2.45) is 0 Å². The first-order valence-electron chi connectivity index (χ1n) is 14.9. The Bertz CT molecular complexity index is 2410. The number of hydrogen-bond donors (Lipinski definition) is 0. The molecule has 0 amide bonds. The van der Waals surface area contributed by atoms with Crippen molar-refractivity contribution < 1.29 is 13.2 Å². The molecule has 0 bridgehead atoms. The van der Waals surface area contributed by atoms with Gasteiger partial charge in [-0.25, -0.2) is 0 Å². The number of benzene rings is 7. The van der Waals surface area contributed by atoms with Crippen molar-refractivity contribution in [1.29, 1.82) is 10.5 Å². The number of nitriles is 2. The number of alkyl halides is 3. The van der Waals surface area contributed by atoms with Gasteiger partial charge in [-0.1, -0.05) is 97.1 Å². The van der Waals surface area contributed by atoms with Crippen LogP contribution >= 0.6 is 0 Å². The molecule has 0 saturated heterocycles. The maximum atomic E-state index is 13.4. The summed E-state index contributed by atoms with van der Waals surface area (Å²) in [6, 6.07) is 44.7. The molecule has 0 aliphatic rings. The van der Waals surface area contributed by atoms with Crippen LogP contribution in [0.3, 0.4) is 0 Å². The normalized spacial score (nSPS) is 11.6. The predicted molar refractivity (Wildman–Crippen MR) is 183 cm³/mol. The minimum atomic E-state index is -4.43. The number of hydrogen-bond acceptors (Lipinski definition) is 3. The lowest BCUT2D eigenvalue weighted by atomic mass is 9.91. The molecule has 47 heavy (non-hydrogen) atoms. The number of fused-ring (bicyclic) bond motifs is 3.